The third-order valence-electron chi connectivity index (χ3n) is 2.10. The van der Waals surface area contributed by atoms with Crippen LogP contribution in [0.25, 0.3) is 0 Å². The zero-order valence-corrected chi connectivity index (χ0v) is 11.4. The van der Waals surface area contributed by atoms with E-state index in [4.69, 9.17) is 0 Å². The highest BCUT2D eigenvalue weighted by molar-refractivity contribution is 8.19. The number of para-hydroxylation sites is 1. The fourth-order valence-electron chi connectivity index (χ4n) is 1.52. The molecule has 1 aromatic carbocycles. The van der Waals surface area contributed by atoms with Gasteiger partial charge in [-0.15, -0.1) is 11.8 Å². The number of benzene rings is 1. The maximum atomic E-state index is 2.45. The molecule has 2 rings (SSSR count). The maximum Gasteiger partial charge on any atom is 0.137 e. The minimum atomic E-state index is 0.553. The molecule has 1 nitrogen and oxygen atoms in total. The molecule has 0 radical (unpaired) electrons. The van der Waals surface area contributed by atoms with Crippen molar-refractivity contribution in [1.82, 2.24) is 0 Å². The molecule has 82 valence electrons. The third kappa shape index (κ3) is 2.43. The molecule has 1 unspecified atom stereocenters. The van der Waals surface area contributed by atoms with E-state index in [1.807, 2.05) is 35.5 Å². The minimum absolute atomic E-state index is 0.553. The zero-order valence-electron chi connectivity index (χ0n) is 8.97. The highest BCUT2D eigenvalue weighted by atomic mass is 32.2. The Hall–Kier alpha value is 0.0700. The van der Waals surface area contributed by atoms with E-state index in [0.29, 0.717) is 4.71 Å². The molecule has 0 saturated heterocycles. The quantitative estimate of drug-likeness (QED) is 0.739. The van der Waals surface area contributed by atoms with Crippen LogP contribution in [0.3, 0.4) is 0 Å². The van der Waals surface area contributed by atoms with E-state index in [-0.39, 0.29) is 0 Å². The predicted molar refractivity (Wildman–Crippen MR) is 74.8 cm³/mol. The molecule has 0 saturated carbocycles. The second-order valence-corrected chi connectivity index (χ2v) is 7.10. The lowest BCUT2D eigenvalue weighted by Crippen LogP contribution is -2.19. The lowest BCUT2D eigenvalue weighted by molar-refractivity contribution is 1.24. The lowest BCUT2D eigenvalue weighted by Gasteiger charge is -2.23. The minimum Gasteiger partial charge on any atom is -0.292 e. The molecule has 4 heteroatoms. The van der Waals surface area contributed by atoms with E-state index >= 15 is 0 Å². The first-order valence-corrected chi connectivity index (χ1v) is 8.03. The van der Waals surface area contributed by atoms with Crippen LogP contribution in [-0.4, -0.2) is 16.2 Å². The molecule has 0 aliphatic carbocycles. The molecule has 0 fully saturated rings. The third-order valence-corrected chi connectivity index (χ3v) is 5.85. The molecule has 0 amide bonds. The molecule has 0 N–H and O–H groups in total. The van der Waals surface area contributed by atoms with E-state index in [0.717, 1.165) is 5.75 Å². The van der Waals surface area contributed by atoms with Gasteiger partial charge in [-0.25, -0.2) is 0 Å². The van der Waals surface area contributed by atoms with Crippen LogP contribution in [0.2, 0.25) is 0 Å². The first-order valence-electron chi connectivity index (χ1n) is 5.16. The summed E-state index contributed by atoms with van der Waals surface area (Å²) in [5.41, 5.74) is 1.39. The first kappa shape index (κ1) is 11.6. The number of thioether (sulfide) groups is 2. The van der Waals surface area contributed by atoms with E-state index in [2.05, 4.69) is 42.4 Å². The van der Waals surface area contributed by atoms with E-state index in [1.165, 1.54) is 16.3 Å². The Morgan fingerprint density at radius 1 is 1.27 bits per heavy atom. The second kappa shape index (κ2) is 5.41. The summed E-state index contributed by atoms with van der Waals surface area (Å²) in [6.45, 7) is 4.44. The Labute approximate surface area is 105 Å². The van der Waals surface area contributed by atoms with Crippen LogP contribution >= 0.6 is 35.5 Å². The van der Waals surface area contributed by atoms with Gasteiger partial charge in [0.2, 0.25) is 0 Å². The largest absolute Gasteiger partial charge is 0.292 e. The van der Waals surface area contributed by atoms with Gasteiger partial charge in [0.15, 0.2) is 0 Å². The first-order chi connectivity index (χ1) is 7.36. The number of rotatable bonds is 4. The van der Waals surface area contributed by atoms with Crippen LogP contribution in [0.5, 0.6) is 0 Å². The van der Waals surface area contributed by atoms with E-state index in [9.17, 15) is 0 Å². The number of fused-ring (bicyclic) bond motifs is 1. The van der Waals surface area contributed by atoms with Crippen LogP contribution in [0.4, 0.5) is 5.69 Å². The summed E-state index contributed by atoms with van der Waals surface area (Å²) in [6, 6.07) is 8.70. The molecule has 15 heavy (non-hydrogen) atoms. The molecule has 1 heterocycles. The van der Waals surface area contributed by atoms with E-state index in [1.54, 1.807) is 0 Å². The van der Waals surface area contributed by atoms with Gasteiger partial charge >= 0.3 is 0 Å². The highest BCUT2D eigenvalue weighted by Gasteiger charge is 2.29. The van der Waals surface area contributed by atoms with Crippen molar-refractivity contribution in [1.29, 1.82) is 0 Å². The number of hydrogen-bond acceptors (Lipinski definition) is 4. The van der Waals surface area contributed by atoms with Crippen LogP contribution in [0.15, 0.2) is 29.2 Å². The van der Waals surface area contributed by atoms with E-state index < -0.39 is 0 Å². The topological polar surface area (TPSA) is 3.24 Å². The van der Waals surface area contributed by atoms with Crippen molar-refractivity contribution in [2.24, 2.45) is 0 Å². The van der Waals surface area contributed by atoms with Gasteiger partial charge < -0.3 is 0 Å². The van der Waals surface area contributed by atoms with Crippen LogP contribution in [0, 0.1) is 0 Å². The SMILES string of the molecule is CCSC1Sc2ccccc2N1SCC. The summed E-state index contributed by atoms with van der Waals surface area (Å²) < 4.78 is 3.01. The molecule has 1 atom stereocenters. The summed E-state index contributed by atoms with van der Waals surface area (Å²) in [5, 5.41) is 0. The fraction of sp³-hybridized carbons (Fsp3) is 0.455. The lowest BCUT2D eigenvalue weighted by atomic mass is 10.3. The van der Waals surface area contributed by atoms with Gasteiger partial charge in [-0.3, -0.25) is 4.31 Å². The molecular weight excluding hydrogens is 242 g/mol. The number of hydrogen-bond donors (Lipinski definition) is 0. The van der Waals surface area contributed by atoms with Gasteiger partial charge in [0.1, 0.15) is 4.71 Å². The Balaban J connectivity index is 2.21. The molecule has 0 spiro atoms. The average molecular weight is 257 g/mol. The summed E-state index contributed by atoms with van der Waals surface area (Å²) in [6.07, 6.45) is 0. The van der Waals surface area contributed by atoms with Gasteiger partial charge in [0.05, 0.1) is 5.69 Å². The Morgan fingerprint density at radius 3 is 2.80 bits per heavy atom. The summed E-state index contributed by atoms with van der Waals surface area (Å²) in [7, 11) is 0. The van der Waals surface area contributed by atoms with Gasteiger partial charge in [0, 0.05) is 10.6 Å². The highest BCUT2D eigenvalue weighted by Crippen LogP contribution is 2.50. The molecule has 1 aliphatic rings. The second-order valence-electron chi connectivity index (χ2n) is 3.09. The Kier molecular flexibility index (Phi) is 4.17. The summed E-state index contributed by atoms with van der Waals surface area (Å²) in [4.78, 5) is 1.42. The van der Waals surface area contributed by atoms with Crippen molar-refractivity contribution >= 4 is 41.2 Å². The van der Waals surface area contributed by atoms with Crippen LogP contribution in [-0.2, 0) is 0 Å². The standard InChI is InChI=1S/C11H15NS3/c1-3-13-11-12(14-4-2)9-7-5-6-8-10(9)15-11/h5-8,11H,3-4H2,1-2H3. The van der Waals surface area contributed by atoms with Gasteiger partial charge in [0.25, 0.3) is 0 Å². The smallest absolute Gasteiger partial charge is 0.137 e. The van der Waals surface area contributed by atoms with Crippen molar-refractivity contribution < 1.29 is 0 Å². The van der Waals surface area contributed by atoms with Crippen LogP contribution < -0.4 is 4.31 Å². The van der Waals surface area contributed by atoms with Gasteiger partial charge in [-0.05, 0) is 29.8 Å². The average Bonchev–Trinajstić information content (AvgIpc) is 2.59. The molecular formula is C11H15NS3. The molecule has 0 aromatic heterocycles. The van der Waals surface area contributed by atoms with Crippen molar-refractivity contribution in [2.45, 2.75) is 23.4 Å². The molecule has 0 bridgehead atoms. The van der Waals surface area contributed by atoms with Gasteiger partial charge in [-0.1, -0.05) is 37.7 Å². The van der Waals surface area contributed by atoms with Crippen LogP contribution in [0.1, 0.15) is 13.8 Å². The fourth-order valence-corrected chi connectivity index (χ4v) is 5.35. The van der Waals surface area contributed by atoms with Gasteiger partial charge in [-0.2, -0.15) is 0 Å². The monoisotopic (exact) mass is 257 g/mol. The zero-order chi connectivity index (χ0) is 10.7. The molecule has 1 aromatic rings. The summed E-state index contributed by atoms with van der Waals surface area (Å²) in [5.74, 6) is 2.31. The predicted octanol–water partition coefficient (Wildman–Crippen LogP) is 4.30. The molecule has 1 aliphatic heterocycles. The van der Waals surface area contributed by atoms with Crippen molar-refractivity contribution in [3.05, 3.63) is 24.3 Å². The van der Waals surface area contributed by atoms with Crippen molar-refractivity contribution in [2.75, 3.05) is 15.8 Å². The Bertz CT molecular complexity index is 329. The normalized spacial score (nSPS) is 19.3. The Morgan fingerprint density at radius 2 is 2.07 bits per heavy atom. The van der Waals surface area contributed by atoms with Crippen molar-refractivity contribution in [3.8, 4) is 0 Å². The number of anilines is 1. The maximum absolute atomic E-state index is 2.45. The number of nitrogens with zero attached hydrogens (tertiary/aromatic N) is 1. The van der Waals surface area contributed by atoms with Crippen molar-refractivity contribution in [3.63, 3.8) is 0 Å². The summed E-state index contributed by atoms with van der Waals surface area (Å²) >= 11 is 5.91.